The maximum atomic E-state index is 12.8. The molecule has 4 rings (SSSR count). The number of nitrogens with one attached hydrogen (secondary N) is 1. The molecule has 134 valence electrons. The van der Waals surface area contributed by atoms with Gasteiger partial charge in [-0.25, -0.2) is 9.97 Å². The summed E-state index contributed by atoms with van der Waals surface area (Å²) in [5, 5.41) is 0.498. The molecule has 0 aliphatic carbocycles. The smallest absolute Gasteiger partial charge is 0.289 e. The highest BCUT2D eigenvalue weighted by Gasteiger charge is 2.26. The first-order valence-corrected chi connectivity index (χ1v) is 8.86. The van der Waals surface area contributed by atoms with E-state index < -0.39 is 0 Å². The van der Waals surface area contributed by atoms with Gasteiger partial charge in [0.2, 0.25) is 0 Å². The molecule has 0 bridgehead atoms. The van der Waals surface area contributed by atoms with Crippen molar-refractivity contribution in [3.05, 3.63) is 58.7 Å². The van der Waals surface area contributed by atoms with Crippen LogP contribution in [0.5, 0.6) is 0 Å². The number of carbonyl (C=O) groups is 1. The molecule has 2 aromatic heterocycles. The van der Waals surface area contributed by atoms with Gasteiger partial charge in [-0.15, -0.1) is 0 Å². The maximum Gasteiger partial charge on any atom is 0.289 e. The topological polar surface area (TPSA) is 83.9 Å². The quantitative estimate of drug-likeness (QED) is 0.779. The molecule has 1 saturated heterocycles. The van der Waals surface area contributed by atoms with Crippen LogP contribution < -0.4 is 5.56 Å². The summed E-state index contributed by atoms with van der Waals surface area (Å²) in [6.45, 7) is 1.34. The Morgan fingerprint density at radius 1 is 1.27 bits per heavy atom. The molecule has 0 radical (unpaired) electrons. The Labute approximate surface area is 150 Å². The van der Waals surface area contributed by atoms with Gasteiger partial charge in [0, 0.05) is 39.0 Å². The van der Waals surface area contributed by atoms with Crippen molar-refractivity contribution >= 4 is 16.8 Å². The van der Waals surface area contributed by atoms with Gasteiger partial charge in [-0.05, 0) is 30.9 Å². The van der Waals surface area contributed by atoms with E-state index in [4.69, 9.17) is 0 Å². The van der Waals surface area contributed by atoms with Gasteiger partial charge < -0.3 is 14.5 Å². The zero-order valence-corrected chi connectivity index (χ0v) is 14.7. The van der Waals surface area contributed by atoms with Crippen molar-refractivity contribution in [3.8, 4) is 0 Å². The molecule has 1 aliphatic rings. The zero-order chi connectivity index (χ0) is 18.1. The maximum absolute atomic E-state index is 12.8. The van der Waals surface area contributed by atoms with Gasteiger partial charge in [0.15, 0.2) is 5.82 Å². The SMILES string of the molecule is Cn1ccnc1CC1CCN(C(=O)c2nc3ccccc3c(=O)[nH]2)CC1. The lowest BCUT2D eigenvalue weighted by Crippen LogP contribution is -2.40. The minimum absolute atomic E-state index is 0.122. The average molecular weight is 351 g/mol. The fraction of sp³-hybridized carbons (Fsp3) is 0.368. The average Bonchev–Trinajstić information content (AvgIpc) is 3.06. The number of carbonyl (C=O) groups excluding carboxylic acids is 1. The van der Waals surface area contributed by atoms with Gasteiger partial charge in [0.1, 0.15) is 5.82 Å². The molecule has 3 heterocycles. The molecule has 1 amide bonds. The van der Waals surface area contributed by atoms with Crippen LogP contribution in [0.2, 0.25) is 0 Å². The van der Waals surface area contributed by atoms with Gasteiger partial charge in [-0.1, -0.05) is 12.1 Å². The van der Waals surface area contributed by atoms with Gasteiger partial charge in [-0.2, -0.15) is 0 Å². The van der Waals surface area contributed by atoms with Crippen LogP contribution in [0, 0.1) is 5.92 Å². The largest absolute Gasteiger partial charge is 0.338 e. The lowest BCUT2D eigenvalue weighted by atomic mass is 9.93. The molecule has 0 atom stereocenters. The third-order valence-corrected chi connectivity index (χ3v) is 5.11. The first-order chi connectivity index (χ1) is 12.6. The van der Waals surface area contributed by atoms with E-state index in [-0.39, 0.29) is 17.3 Å². The molecule has 0 spiro atoms. The summed E-state index contributed by atoms with van der Waals surface area (Å²) in [7, 11) is 2.00. The molecule has 0 unspecified atom stereocenters. The minimum atomic E-state index is -0.274. The van der Waals surface area contributed by atoms with E-state index >= 15 is 0 Å². The highest BCUT2D eigenvalue weighted by atomic mass is 16.2. The summed E-state index contributed by atoms with van der Waals surface area (Å²) in [6.07, 6.45) is 6.55. The summed E-state index contributed by atoms with van der Waals surface area (Å²) in [4.78, 5) is 38.1. The van der Waals surface area contributed by atoms with Crippen LogP contribution in [0.1, 0.15) is 29.3 Å². The van der Waals surface area contributed by atoms with Gasteiger partial charge in [0.05, 0.1) is 10.9 Å². The van der Waals surface area contributed by atoms with Crippen molar-refractivity contribution in [2.45, 2.75) is 19.3 Å². The van der Waals surface area contributed by atoms with Crippen molar-refractivity contribution in [2.75, 3.05) is 13.1 Å². The van der Waals surface area contributed by atoms with Crippen LogP contribution >= 0.6 is 0 Å². The number of hydrogen-bond donors (Lipinski definition) is 1. The summed E-state index contributed by atoms with van der Waals surface area (Å²) >= 11 is 0. The summed E-state index contributed by atoms with van der Waals surface area (Å²) < 4.78 is 2.04. The monoisotopic (exact) mass is 351 g/mol. The van der Waals surface area contributed by atoms with Crippen LogP contribution in [0.25, 0.3) is 10.9 Å². The number of fused-ring (bicyclic) bond motifs is 1. The fourth-order valence-corrected chi connectivity index (χ4v) is 3.53. The van der Waals surface area contributed by atoms with Crippen molar-refractivity contribution in [1.29, 1.82) is 0 Å². The van der Waals surface area contributed by atoms with E-state index in [1.165, 1.54) is 0 Å². The van der Waals surface area contributed by atoms with E-state index in [1.807, 2.05) is 30.1 Å². The highest BCUT2D eigenvalue weighted by molar-refractivity contribution is 5.92. The third-order valence-electron chi connectivity index (χ3n) is 5.11. The standard InChI is InChI=1S/C19H21N5O2/c1-23-11-8-20-16(23)12-13-6-9-24(10-7-13)19(26)17-21-15-5-3-2-4-14(15)18(25)22-17/h2-5,8,11,13H,6-7,9-10,12H2,1H3,(H,21,22,25). The highest BCUT2D eigenvalue weighted by Crippen LogP contribution is 2.22. The number of para-hydroxylation sites is 1. The van der Waals surface area contributed by atoms with Crippen molar-refractivity contribution in [3.63, 3.8) is 0 Å². The van der Waals surface area contributed by atoms with Crippen LogP contribution in [-0.2, 0) is 13.5 Å². The number of H-pyrrole nitrogens is 1. The Balaban J connectivity index is 1.45. The predicted molar refractivity (Wildman–Crippen MR) is 97.9 cm³/mol. The second-order valence-corrected chi connectivity index (χ2v) is 6.83. The number of imidazole rings is 1. The number of aromatic nitrogens is 4. The number of aryl methyl sites for hydroxylation is 1. The molecular weight excluding hydrogens is 330 g/mol. The Hall–Kier alpha value is -2.96. The van der Waals surface area contributed by atoms with Crippen molar-refractivity contribution in [2.24, 2.45) is 13.0 Å². The Kier molecular flexibility index (Phi) is 4.28. The second-order valence-electron chi connectivity index (χ2n) is 6.83. The number of aromatic amines is 1. The molecule has 3 aromatic rings. The molecule has 1 fully saturated rings. The summed E-state index contributed by atoms with van der Waals surface area (Å²) in [5.41, 5.74) is 0.271. The zero-order valence-electron chi connectivity index (χ0n) is 14.7. The number of hydrogen-bond acceptors (Lipinski definition) is 4. The number of rotatable bonds is 3. The first kappa shape index (κ1) is 16.5. The van der Waals surface area contributed by atoms with E-state index in [0.717, 1.165) is 25.1 Å². The minimum Gasteiger partial charge on any atom is -0.338 e. The first-order valence-electron chi connectivity index (χ1n) is 8.86. The lowest BCUT2D eigenvalue weighted by Gasteiger charge is -2.31. The fourth-order valence-electron chi connectivity index (χ4n) is 3.53. The van der Waals surface area contributed by atoms with Crippen molar-refractivity contribution < 1.29 is 4.79 Å². The van der Waals surface area contributed by atoms with Crippen LogP contribution in [-0.4, -0.2) is 43.4 Å². The molecule has 0 saturated carbocycles. The Bertz CT molecular complexity index is 998. The van der Waals surface area contributed by atoms with Crippen LogP contribution in [0.3, 0.4) is 0 Å². The second kappa shape index (κ2) is 6.74. The number of benzene rings is 1. The van der Waals surface area contributed by atoms with Crippen molar-refractivity contribution in [1.82, 2.24) is 24.4 Å². The van der Waals surface area contributed by atoms with Crippen LogP contribution in [0.15, 0.2) is 41.5 Å². The number of likely N-dealkylation sites (tertiary alicyclic amines) is 1. The molecule has 1 N–H and O–H groups in total. The summed E-state index contributed by atoms with van der Waals surface area (Å²) in [5.74, 6) is 1.51. The molecule has 26 heavy (non-hydrogen) atoms. The summed E-state index contributed by atoms with van der Waals surface area (Å²) in [6, 6.07) is 7.05. The molecule has 7 heteroatoms. The van der Waals surface area contributed by atoms with Gasteiger partial charge in [-0.3, -0.25) is 9.59 Å². The number of nitrogens with zero attached hydrogens (tertiary/aromatic N) is 4. The molecule has 1 aliphatic heterocycles. The Morgan fingerprint density at radius 3 is 2.77 bits per heavy atom. The molecule has 7 nitrogen and oxygen atoms in total. The number of piperidine rings is 1. The van der Waals surface area contributed by atoms with E-state index in [1.54, 1.807) is 23.1 Å². The van der Waals surface area contributed by atoms with Gasteiger partial charge >= 0.3 is 0 Å². The van der Waals surface area contributed by atoms with Gasteiger partial charge in [0.25, 0.3) is 11.5 Å². The van der Waals surface area contributed by atoms with Crippen LogP contribution in [0.4, 0.5) is 0 Å². The number of amides is 1. The molecule has 1 aromatic carbocycles. The third kappa shape index (κ3) is 3.12. The molecular formula is C19H21N5O2. The normalized spacial score (nSPS) is 15.5. The van der Waals surface area contributed by atoms with E-state index in [2.05, 4.69) is 15.0 Å². The van der Waals surface area contributed by atoms with E-state index in [9.17, 15) is 9.59 Å². The lowest BCUT2D eigenvalue weighted by molar-refractivity contribution is 0.0677. The Morgan fingerprint density at radius 2 is 2.04 bits per heavy atom. The predicted octanol–water partition coefficient (Wildman–Crippen LogP) is 1.75. The van der Waals surface area contributed by atoms with E-state index in [0.29, 0.717) is 29.9 Å².